The summed E-state index contributed by atoms with van der Waals surface area (Å²) >= 11 is 0. The predicted octanol–water partition coefficient (Wildman–Crippen LogP) is 6.12. The molecule has 0 spiro atoms. The highest BCUT2D eigenvalue weighted by Gasteiger charge is 2.26. The Balaban J connectivity index is 1.71. The topological polar surface area (TPSA) is 38.7 Å². The van der Waals surface area contributed by atoms with Crippen molar-refractivity contribution in [3.63, 3.8) is 0 Å². The smallest absolute Gasteiger partial charge is 0.132 e. The molecule has 0 amide bonds. The zero-order valence-electron chi connectivity index (χ0n) is 16.0. The molecule has 1 heterocycles. The van der Waals surface area contributed by atoms with E-state index >= 15 is 0 Å². The van der Waals surface area contributed by atoms with Crippen molar-refractivity contribution >= 4 is 16.5 Å². The zero-order valence-corrected chi connectivity index (χ0v) is 16.0. The lowest BCUT2D eigenvalue weighted by molar-refractivity contribution is 0.414. The summed E-state index contributed by atoms with van der Waals surface area (Å²) in [6.07, 6.45) is 2.16. The van der Waals surface area contributed by atoms with E-state index in [1.165, 1.54) is 16.3 Å². The lowest BCUT2D eigenvalue weighted by Crippen LogP contribution is -2.11. The maximum Gasteiger partial charge on any atom is 0.132 e. The molecule has 3 nitrogen and oxygen atoms in total. The first kappa shape index (κ1) is 17.4. The van der Waals surface area contributed by atoms with Gasteiger partial charge in [-0.15, -0.1) is 0 Å². The largest absolute Gasteiger partial charge is 0.508 e. The van der Waals surface area contributed by atoms with Crippen LogP contribution >= 0.6 is 0 Å². The highest BCUT2D eigenvalue weighted by molar-refractivity contribution is 5.90. The molecule has 1 aliphatic rings. The molecule has 1 unspecified atom stereocenters. The minimum atomic E-state index is 0.0413. The Hall–Kier alpha value is -3.72. The second-order valence-electron chi connectivity index (χ2n) is 7.13. The molecule has 0 bridgehead atoms. The zero-order chi connectivity index (χ0) is 19.8. The summed E-state index contributed by atoms with van der Waals surface area (Å²) in [6, 6.07) is 27.8. The number of fused-ring (bicyclic) bond motifs is 3. The SMILES string of the molecule is COc1ccc(C2C=C(c3ccc(O)cc3)Oc3ccc4ccccc4c32)cc1. The first-order valence-electron chi connectivity index (χ1n) is 9.57. The average molecular weight is 380 g/mol. The van der Waals surface area contributed by atoms with Gasteiger partial charge in [0.25, 0.3) is 0 Å². The van der Waals surface area contributed by atoms with Crippen molar-refractivity contribution in [1.82, 2.24) is 0 Å². The van der Waals surface area contributed by atoms with Crippen LogP contribution in [0.15, 0.2) is 91.0 Å². The number of rotatable bonds is 3. The van der Waals surface area contributed by atoms with Gasteiger partial charge in [0.15, 0.2) is 0 Å². The Labute approximate surface area is 169 Å². The van der Waals surface area contributed by atoms with E-state index in [0.29, 0.717) is 0 Å². The van der Waals surface area contributed by atoms with Gasteiger partial charge in [-0.3, -0.25) is 0 Å². The van der Waals surface area contributed by atoms with Gasteiger partial charge in [0.1, 0.15) is 23.0 Å². The Kier molecular flexibility index (Phi) is 4.21. The van der Waals surface area contributed by atoms with Crippen LogP contribution in [0.5, 0.6) is 17.2 Å². The first-order valence-corrected chi connectivity index (χ1v) is 9.57. The summed E-state index contributed by atoms with van der Waals surface area (Å²) in [7, 11) is 1.68. The molecule has 4 aromatic rings. The highest BCUT2D eigenvalue weighted by Crippen LogP contribution is 2.44. The van der Waals surface area contributed by atoms with Gasteiger partial charge in [0, 0.05) is 17.0 Å². The van der Waals surface area contributed by atoms with Crippen LogP contribution in [0.3, 0.4) is 0 Å². The molecule has 0 saturated carbocycles. The van der Waals surface area contributed by atoms with Crippen molar-refractivity contribution < 1.29 is 14.6 Å². The fourth-order valence-electron chi connectivity index (χ4n) is 3.93. The van der Waals surface area contributed by atoms with Crippen LogP contribution < -0.4 is 9.47 Å². The molecule has 1 aliphatic heterocycles. The minimum Gasteiger partial charge on any atom is -0.508 e. The van der Waals surface area contributed by atoms with Gasteiger partial charge >= 0.3 is 0 Å². The molecule has 3 heteroatoms. The van der Waals surface area contributed by atoms with E-state index in [4.69, 9.17) is 9.47 Å². The fraction of sp³-hybridized carbons (Fsp3) is 0.0769. The van der Waals surface area contributed by atoms with E-state index in [2.05, 4.69) is 48.5 Å². The van der Waals surface area contributed by atoms with Crippen molar-refractivity contribution in [2.24, 2.45) is 0 Å². The van der Waals surface area contributed by atoms with Gasteiger partial charge in [-0.25, -0.2) is 0 Å². The third-order valence-corrected chi connectivity index (χ3v) is 5.41. The van der Waals surface area contributed by atoms with Gasteiger partial charge in [0.05, 0.1) is 7.11 Å². The molecule has 0 aromatic heterocycles. The van der Waals surface area contributed by atoms with Crippen LogP contribution in [-0.4, -0.2) is 12.2 Å². The molecule has 0 aliphatic carbocycles. The van der Waals surface area contributed by atoms with E-state index in [0.717, 1.165) is 28.4 Å². The van der Waals surface area contributed by atoms with Gasteiger partial charge in [0.2, 0.25) is 0 Å². The standard InChI is InChI=1S/C26H20O3/c1-28-21-13-8-18(9-14-21)23-16-25(19-6-11-20(27)12-7-19)29-24-15-10-17-4-2-3-5-22(17)26(23)24/h2-16,23,27H,1H3. The van der Waals surface area contributed by atoms with Gasteiger partial charge < -0.3 is 14.6 Å². The van der Waals surface area contributed by atoms with E-state index in [1.807, 2.05) is 30.3 Å². The number of allylic oxidation sites excluding steroid dienone is 1. The normalized spacial score (nSPS) is 15.3. The first-order chi connectivity index (χ1) is 14.2. The Morgan fingerprint density at radius 3 is 2.34 bits per heavy atom. The molecule has 5 rings (SSSR count). The number of hydrogen-bond acceptors (Lipinski definition) is 3. The third-order valence-electron chi connectivity index (χ3n) is 5.41. The van der Waals surface area contributed by atoms with E-state index in [1.54, 1.807) is 19.2 Å². The molecule has 142 valence electrons. The minimum absolute atomic E-state index is 0.0413. The predicted molar refractivity (Wildman–Crippen MR) is 115 cm³/mol. The van der Waals surface area contributed by atoms with Crippen molar-refractivity contribution in [3.05, 3.63) is 108 Å². The summed E-state index contributed by atoms with van der Waals surface area (Å²) in [5.41, 5.74) is 3.26. The Morgan fingerprint density at radius 1 is 0.828 bits per heavy atom. The summed E-state index contributed by atoms with van der Waals surface area (Å²) < 4.78 is 11.7. The molecule has 0 fully saturated rings. The molecule has 0 saturated heterocycles. The average Bonchev–Trinajstić information content (AvgIpc) is 2.78. The number of phenols is 1. The summed E-state index contributed by atoms with van der Waals surface area (Å²) in [4.78, 5) is 0. The van der Waals surface area contributed by atoms with Crippen LogP contribution in [0.25, 0.3) is 16.5 Å². The monoisotopic (exact) mass is 380 g/mol. The van der Waals surface area contributed by atoms with E-state index in [-0.39, 0.29) is 11.7 Å². The van der Waals surface area contributed by atoms with Gasteiger partial charge in [-0.2, -0.15) is 0 Å². The number of hydrogen-bond donors (Lipinski definition) is 1. The molecular weight excluding hydrogens is 360 g/mol. The number of phenolic OH excluding ortho intramolecular Hbond substituents is 1. The van der Waals surface area contributed by atoms with Crippen LogP contribution in [-0.2, 0) is 0 Å². The quantitative estimate of drug-likeness (QED) is 0.465. The number of ether oxygens (including phenoxy) is 2. The number of benzene rings is 4. The van der Waals surface area contributed by atoms with Gasteiger partial charge in [-0.1, -0.05) is 42.5 Å². The van der Waals surface area contributed by atoms with Crippen molar-refractivity contribution in [2.45, 2.75) is 5.92 Å². The lowest BCUT2D eigenvalue weighted by atomic mass is 9.84. The lowest BCUT2D eigenvalue weighted by Gasteiger charge is -2.27. The molecule has 4 aromatic carbocycles. The molecular formula is C26H20O3. The van der Waals surface area contributed by atoms with Gasteiger partial charge in [-0.05, 0) is 64.9 Å². The summed E-state index contributed by atoms with van der Waals surface area (Å²) in [5, 5.41) is 12.0. The second-order valence-corrected chi connectivity index (χ2v) is 7.13. The van der Waals surface area contributed by atoms with Crippen molar-refractivity contribution in [2.75, 3.05) is 7.11 Å². The van der Waals surface area contributed by atoms with Crippen molar-refractivity contribution in [1.29, 1.82) is 0 Å². The second kappa shape index (κ2) is 7.02. The van der Waals surface area contributed by atoms with Crippen LogP contribution in [0.2, 0.25) is 0 Å². The Morgan fingerprint density at radius 2 is 1.59 bits per heavy atom. The van der Waals surface area contributed by atoms with Crippen LogP contribution in [0.4, 0.5) is 0 Å². The molecule has 1 N–H and O–H groups in total. The maximum atomic E-state index is 9.64. The number of methoxy groups -OCH3 is 1. The molecule has 1 atom stereocenters. The van der Waals surface area contributed by atoms with Crippen LogP contribution in [0.1, 0.15) is 22.6 Å². The summed E-state index contributed by atoms with van der Waals surface area (Å²) in [6.45, 7) is 0. The highest BCUT2D eigenvalue weighted by atomic mass is 16.5. The third kappa shape index (κ3) is 3.11. The maximum absolute atomic E-state index is 9.64. The van der Waals surface area contributed by atoms with Crippen LogP contribution in [0, 0.1) is 0 Å². The molecule has 0 radical (unpaired) electrons. The Bertz CT molecular complexity index is 1210. The molecule has 29 heavy (non-hydrogen) atoms. The fourth-order valence-corrected chi connectivity index (χ4v) is 3.93. The van der Waals surface area contributed by atoms with E-state index < -0.39 is 0 Å². The van der Waals surface area contributed by atoms with E-state index in [9.17, 15) is 5.11 Å². The number of aromatic hydroxyl groups is 1. The summed E-state index contributed by atoms with van der Waals surface area (Å²) in [5.74, 6) is 2.76. The van der Waals surface area contributed by atoms with Crippen molar-refractivity contribution in [3.8, 4) is 17.2 Å².